The van der Waals surface area contributed by atoms with Crippen molar-refractivity contribution in [3.63, 3.8) is 0 Å². The van der Waals surface area contributed by atoms with E-state index in [4.69, 9.17) is 28.7 Å². The van der Waals surface area contributed by atoms with Gasteiger partial charge >= 0.3 is 0 Å². The lowest BCUT2D eigenvalue weighted by Crippen LogP contribution is -2.47. The third kappa shape index (κ3) is 4.57. The average molecular weight is 481 g/mol. The number of ether oxygens (including phenoxy) is 5. The summed E-state index contributed by atoms with van der Waals surface area (Å²) in [6.07, 6.45) is 3.49. The molecule has 1 unspecified atom stereocenters. The van der Waals surface area contributed by atoms with Crippen molar-refractivity contribution >= 4 is 11.9 Å². The Morgan fingerprint density at radius 3 is 2.71 bits per heavy atom. The molecule has 0 radical (unpaired) electrons. The monoisotopic (exact) mass is 480 g/mol. The quantitative estimate of drug-likeness (QED) is 0.626. The average Bonchev–Trinajstić information content (AvgIpc) is 3.56. The highest BCUT2D eigenvalue weighted by atomic mass is 16.7. The summed E-state index contributed by atoms with van der Waals surface area (Å²) < 4.78 is 28.7. The molecule has 4 heterocycles. The van der Waals surface area contributed by atoms with E-state index in [1.54, 1.807) is 0 Å². The van der Waals surface area contributed by atoms with Crippen molar-refractivity contribution < 1.29 is 23.7 Å². The summed E-state index contributed by atoms with van der Waals surface area (Å²) in [6, 6.07) is 8.13. The summed E-state index contributed by atoms with van der Waals surface area (Å²) in [4.78, 5) is 18.0. The second-order valence-electron chi connectivity index (χ2n) is 9.14. The van der Waals surface area contributed by atoms with Gasteiger partial charge in [0, 0.05) is 38.5 Å². The van der Waals surface area contributed by atoms with Gasteiger partial charge in [0.15, 0.2) is 17.3 Å². The Morgan fingerprint density at radius 2 is 1.89 bits per heavy atom. The van der Waals surface area contributed by atoms with Gasteiger partial charge in [-0.2, -0.15) is 20.2 Å². The maximum absolute atomic E-state index is 9.71. The molecule has 1 aromatic heterocycles. The molecular weight excluding hydrogens is 452 g/mol. The number of nitriles is 1. The first-order chi connectivity index (χ1) is 17.2. The van der Waals surface area contributed by atoms with Crippen molar-refractivity contribution in [3.05, 3.63) is 29.6 Å². The molecule has 6 rings (SSSR count). The van der Waals surface area contributed by atoms with Crippen molar-refractivity contribution in [2.45, 2.75) is 44.1 Å². The maximum Gasteiger partial charge on any atom is 0.238 e. The van der Waals surface area contributed by atoms with Crippen LogP contribution in [0.5, 0.6) is 11.5 Å². The van der Waals surface area contributed by atoms with Gasteiger partial charge in [-0.15, -0.1) is 0 Å². The Labute approximate surface area is 203 Å². The first kappa shape index (κ1) is 22.3. The van der Waals surface area contributed by atoms with Crippen LogP contribution in [-0.4, -0.2) is 73.1 Å². The van der Waals surface area contributed by atoms with Crippen molar-refractivity contribution in [3.8, 4) is 17.6 Å². The van der Waals surface area contributed by atoms with E-state index < -0.39 is 5.79 Å². The van der Waals surface area contributed by atoms with Crippen LogP contribution in [0.25, 0.3) is 0 Å². The number of hydrogen-bond acceptors (Lipinski definition) is 11. The first-order valence-electron chi connectivity index (χ1n) is 12.1. The molecule has 1 aliphatic carbocycles. The fraction of sp³-hybridized carbons (Fsp3) is 0.583. The van der Waals surface area contributed by atoms with E-state index in [9.17, 15) is 5.26 Å². The number of nitrogens with zero attached hydrogens (tertiary/aromatic N) is 6. The second-order valence-corrected chi connectivity index (χ2v) is 9.14. The summed E-state index contributed by atoms with van der Waals surface area (Å²) in [7, 11) is 0. The lowest BCUT2D eigenvalue weighted by Gasteiger charge is -2.41. The maximum atomic E-state index is 9.71. The summed E-state index contributed by atoms with van der Waals surface area (Å²) in [6.45, 7) is 4.53. The number of rotatable bonds is 5. The summed E-state index contributed by atoms with van der Waals surface area (Å²) in [5, 5.41) is 9.71. The minimum atomic E-state index is -0.561. The summed E-state index contributed by atoms with van der Waals surface area (Å²) in [5.74, 6) is 2.00. The molecular formula is C24H28N6O5. The predicted octanol–water partition coefficient (Wildman–Crippen LogP) is 2.00. The molecule has 11 heteroatoms. The van der Waals surface area contributed by atoms with Crippen molar-refractivity contribution in [2.75, 3.05) is 56.1 Å². The molecule has 2 saturated heterocycles. The van der Waals surface area contributed by atoms with Crippen LogP contribution >= 0.6 is 0 Å². The minimum Gasteiger partial charge on any atom is -0.454 e. The molecule has 1 atom stereocenters. The number of hydrogen-bond donors (Lipinski definition) is 0. The first-order valence-corrected chi connectivity index (χ1v) is 12.1. The van der Waals surface area contributed by atoms with Gasteiger partial charge in [0.1, 0.15) is 6.07 Å². The molecule has 1 aromatic carbocycles. The highest BCUT2D eigenvalue weighted by Crippen LogP contribution is 2.40. The molecule has 35 heavy (non-hydrogen) atoms. The van der Waals surface area contributed by atoms with Crippen LogP contribution in [0.3, 0.4) is 0 Å². The van der Waals surface area contributed by atoms with Gasteiger partial charge in [-0.1, -0.05) is 6.07 Å². The molecule has 11 nitrogen and oxygen atoms in total. The highest BCUT2D eigenvalue weighted by Gasteiger charge is 2.43. The Bertz CT molecular complexity index is 1110. The van der Waals surface area contributed by atoms with E-state index in [0.29, 0.717) is 64.4 Å². The van der Waals surface area contributed by atoms with Gasteiger partial charge < -0.3 is 33.5 Å². The van der Waals surface area contributed by atoms with Crippen LogP contribution in [0.1, 0.15) is 37.1 Å². The SMILES string of the molecule is N#Cc1nc(N2CCOCC2)nc(N(Cc2ccc3c(c2)OCO3)C2CCCC3(C2)OCCO3)n1. The second kappa shape index (κ2) is 9.45. The lowest BCUT2D eigenvalue weighted by atomic mass is 9.88. The van der Waals surface area contributed by atoms with E-state index in [0.717, 1.165) is 36.3 Å². The Balaban J connectivity index is 1.36. The number of benzene rings is 1. The highest BCUT2D eigenvalue weighted by molar-refractivity contribution is 5.47. The van der Waals surface area contributed by atoms with Crippen LogP contribution in [0.2, 0.25) is 0 Å². The van der Waals surface area contributed by atoms with Crippen LogP contribution in [0, 0.1) is 11.3 Å². The van der Waals surface area contributed by atoms with E-state index in [2.05, 4.69) is 20.9 Å². The van der Waals surface area contributed by atoms with Gasteiger partial charge in [-0.3, -0.25) is 0 Å². The topological polar surface area (TPSA) is 115 Å². The van der Waals surface area contributed by atoms with Crippen molar-refractivity contribution in [1.29, 1.82) is 5.26 Å². The Morgan fingerprint density at radius 1 is 1.06 bits per heavy atom. The zero-order valence-electron chi connectivity index (χ0n) is 19.5. The Kier molecular flexibility index (Phi) is 6.01. The predicted molar refractivity (Wildman–Crippen MR) is 123 cm³/mol. The molecule has 4 aliphatic rings. The molecule has 2 aromatic rings. The molecule has 184 valence electrons. The van der Waals surface area contributed by atoms with Gasteiger partial charge in [0.05, 0.1) is 26.4 Å². The van der Waals surface area contributed by atoms with E-state index in [1.165, 1.54) is 0 Å². The number of aromatic nitrogens is 3. The number of anilines is 2. The van der Waals surface area contributed by atoms with E-state index in [1.807, 2.05) is 23.1 Å². The zero-order valence-corrected chi connectivity index (χ0v) is 19.5. The van der Waals surface area contributed by atoms with Gasteiger partial charge in [0.25, 0.3) is 0 Å². The fourth-order valence-electron chi connectivity index (χ4n) is 5.23. The number of morpholine rings is 1. The van der Waals surface area contributed by atoms with Crippen LogP contribution < -0.4 is 19.3 Å². The fourth-order valence-corrected chi connectivity index (χ4v) is 5.23. The minimum absolute atomic E-state index is 0.0683. The zero-order chi connectivity index (χ0) is 23.7. The molecule has 1 spiro atoms. The Hall–Kier alpha value is -3.20. The van der Waals surface area contributed by atoms with Gasteiger partial charge in [0.2, 0.25) is 24.5 Å². The molecule has 3 fully saturated rings. The number of fused-ring (bicyclic) bond motifs is 1. The van der Waals surface area contributed by atoms with Crippen molar-refractivity contribution in [1.82, 2.24) is 15.0 Å². The third-order valence-corrected chi connectivity index (χ3v) is 6.95. The van der Waals surface area contributed by atoms with Crippen LogP contribution in [-0.2, 0) is 20.8 Å². The third-order valence-electron chi connectivity index (χ3n) is 6.95. The lowest BCUT2D eigenvalue weighted by molar-refractivity contribution is -0.180. The van der Waals surface area contributed by atoms with Gasteiger partial charge in [-0.25, -0.2) is 0 Å². The molecule has 0 N–H and O–H groups in total. The van der Waals surface area contributed by atoms with E-state index >= 15 is 0 Å². The largest absolute Gasteiger partial charge is 0.454 e. The molecule has 0 bridgehead atoms. The summed E-state index contributed by atoms with van der Waals surface area (Å²) >= 11 is 0. The molecule has 3 aliphatic heterocycles. The van der Waals surface area contributed by atoms with Crippen LogP contribution in [0.4, 0.5) is 11.9 Å². The molecule has 0 amide bonds. The summed E-state index contributed by atoms with van der Waals surface area (Å²) in [5.41, 5.74) is 1.04. The smallest absolute Gasteiger partial charge is 0.238 e. The van der Waals surface area contributed by atoms with Crippen molar-refractivity contribution in [2.24, 2.45) is 0 Å². The van der Waals surface area contributed by atoms with Crippen LogP contribution in [0.15, 0.2) is 18.2 Å². The van der Waals surface area contributed by atoms with Gasteiger partial charge in [-0.05, 0) is 30.5 Å². The standard InChI is InChI=1S/C24H28N6O5/c25-14-21-26-22(29-6-8-31-9-7-29)28-23(27-21)30(15-17-3-4-19-20(12-17)33-16-32-19)18-2-1-5-24(13-18)34-10-11-35-24/h3-4,12,18H,1-2,5-11,13,15-16H2. The molecule has 1 saturated carbocycles. The normalized spacial score (nSPS) is 22.8. The van der Waals surface area contributed by atoms with E-state index in [-0.39, 0.29) is 18.7 Å².